The van der Waals surface area contributed by atoms with E-state index in [1.165, 1.54) is 13.3 Å². The number of hydrogen-bond donors (Lipinski definition) is 0. The van der Waals surface area contributed by atoms with Gasteiger partial charge in [0, 0.05) is 25.2 Å². The van der Waals surface area contributed by atoms with E-state index in [1.54, 1.807) is 0 Å². The Labute approximate surface area is 137 Å². The highest BCUT2D eigenvalue weighted by atomic mass is 17.2. The maximum atomic E-state index is 11.5. The van der Waals surface area contributed by atoms with E-state index < -0.39 is 6.29 Å². The molecular weight excluding hydrogens is 296 g/mol. The summed E-state index contributed by atoms with van der Waals surface area (Å²) >= 11 is 0. The van der Waals surface area contributed by atoms with E-state index >= 15 is 0 Å². The number of fused-ring (bicyclic) bond motifs is 2. The number of carbonyl (C=O) groups excluding carboxylic acids is 1. The zero-order valence-electron chi connectivity index (χ0n) is 14.5. The molecule has 8 atom stereocenters. The summed E-state index contributed by atoms with van der Waals surface area (Å²) in [5.74, 6) is 1.22. The fourth-order valence-corrected chi connectivity index (χ4v) is 5.72. The molecule has 5 heteroatoms. The predicted octanol–water partition coefficient (Wildman–Crippen LogP) is 3.22. The summed E-state index contributed by atoms with van der Waals surface area (Å²) in [6.07, 6.45) is 4.70. The van der Waals surface area contributed by atoms with Crippen molar-refractivity contribution >= 4 is 5.97 Å². The molecule has 3 unspecified atom stereocenters. The van der Waals surface area contributed by atoms with Gasteiger partial charge in [0.1, 0.15) is 11.2 Å². The summed E-state index contributed by atoms with van der Waals surface area (Å²) in [5.41, 5.74) is -0.664. The predicted molar refractivity (Wildman–Crippen MR) is 82.1 cm³/mol. The third kappa shape index (κ3) is 2.19. The Bertz CT molecular complexity index is 508. The van der Waals surface area contributed by atoms with Crippen LogP contribution in [0.2, 0.25) is 0 Å². The van der Waals surface area contributed by atoms with Gasteiger partial charge in [0.05, 0.1) is 6.10 Å². The first kappa shape index (κ1) is 15.9. The first-order valence-corrected chi connectivity index (χ1v) is 9.05. The summed E-state index contributed by atoms with van der Waals surface area (Å²) in [5, 5.41) is 0. The average molecular weight is 324 g/mol. The number of rotatable bonds is 1. The molecule has 5 fully saturated rings. The molecule has 3 heterocycles. The van der Waals surface area contributed by atoms with Crippen LogP contribution < -0.4 is 0 Å². The smallest absolute Gasteiger partial charge is 0.304 e. The van der Waals surface area contributed by atoms with Crippen molar-refractivity contribution in [3.8, 4) is 0 Å². The van der Waals surface area contributed by atoms with Gasteiger partial charge in [-0.15, -0.1) is 0 Å². The van der Waals surface area contributed by atoms with Crippen LogP contribution in [0.25, 0.3) is 0 Å². The molecule has 23 heavy (non-hydrogen) atoms. The lowest BCUT2D eigenvalue weighted by Gasteiger charge is -2.60. The first-order valence-electron chi connectivity index (χ1n) is 9.05. The standard InChI is InChI=1S/C18H28O5/c1-10-5-6-14-11(2)16(20-12(3)19)21-15-9-17(4)8-7-13(10)18(14,15)23-22-17/h10-11,13-16H,5-9H2,1-4H3/t10-,11-,13?,14?,15-,16?,17-,18-/m1/s1. The van der Waals surface area contributed by atoms with Crippen molar-refractivity contribution < 1.29 is 24.0 Å². The maximum absolute atomic E-state index is 11.5. The third-order valence-electron chi connectivity index (χ3n) is 6.92. The minimum absolute atomic E-state index is 0.0537. The molecule has 3 saturated heterocycles. The summed E-state index contributed by atoms with van der Waals surface area (Å²) in [7, 11) is 0. The lowest BCUT2D eigenvalue weighted by Crippen LogP contribution is -2.69. The van der Waals surface area contributed by atoms with Gasteiger partial charge in [-0.05, 0) is 44.4 Å². The fourth-order valence-electron chi connectivity index (χ4n) is 5.72. The molecule has 0 amide bonds. The van der Waals surface area contributed by atoms with E-state index in [1.807, 2.05) is 0 Å². The Balaban J connectivity index is 1.74. The largest absolute Gasteiger partial charge is 0.436 e. The zero-order valence-corrected chi connectivity index (χ0v) is 14.5. The molecule has 0 aromatic carbocycles. The number of esters is 1. The van der Waals surface area contributed by atoms with Crippen molar-refractivity contribution in [3.05, 3.63) is 0 Å². The van der Waals surface area contributed by atoms with Crippen LogP contribution in [-0.2, 0) is 24.0 Å². The van der Waals surface area contributed by atoms with Gasteiger partial charge in [-0.2, -0.15) is 0 Å². The van der Waals surface area contributed by atoms with E-state index in [0.29, 0.717) is 17.8 Å². The Morgan fingerprint density at radius 2 is 1.91 bits per heavy atom. The molecule has 5 nitrogen and oxygen atoms in total. The molecule has 5 aliphatic rings. The topological polar surface area (TPSA) is 54.0 Å². The molecule has 2 saturated carbocycles. The summed E-state index contributed by atoms with van der Waals surface area (Å²) in [4.78, 5) is 23.6. The van der Waals surface area contributed by atoms with Crippen LogP contribution in [0.5, 0.6) is 0 Å². The summed E-state index contributed by atoms with van der Waals surface area (Å²) < 4.78 is 11.8. The Kier molecular flexibility index (Phi) is 3.56. The van der Waals surface area contributed by atoms with Gasteiger partial charge in [-0.25, -0.2) is 9.78 Å². The second kappa shape index (κ2) is 5.17. The van der Waals surface area contributed by atoms with E-state index in [-0.39, 0.29) is 29.2 Å². The van der Waals surface area contributed by atoms with Crippen molar-refractivity contribution in [2.45, 2.75) is 83.4 Å². The van der Waals surface area contributed by atoms with Gasteiger partial charge >= 0.3 is 5.97 Å². The quantitative estimate of drug-likeness (QED) is 0.547. The molecule has 5 rings (SSSR count). The van der Waals surface area contributed by atoms with Gasteiger partial charge in [0.15, 0.2) is 0 Å². The van der Waals surface area contributed by atoms with Crippen molar-refractivity contribution in [3.63, 3.8) is 0 Å². The highest BCUT2D eigenvalue weighted by molar-refractivity contribution is 5.66. The molecular formula is C18H28O5. The summed E-state index contributed by atoms with van der Waals surface area (Å²) in [6.45, 7) is 8.02. The molecule has 0 radical (unpaired) electrons. The third-order valence-corrected chi connectivity index (χ3v) is 6.92. The molecule has 0 aromatic rings. The Hall–Kier alpha value is -0.650. The molecule has 130 valence electrons. The fraction of sp³-hybridized carbons (Fsp3) is 0.944. The van der Waals surface area contributed by atoms with Gasteiger partial charge in [0.25, 0.3) is 0 Å². The Morgan fingerprint density at radius 3 is 2.65 bits per heavy atom. The lowest BCUT2D eigenvalue weighted by molar-refractivity contribution is -0.494. The van der Waals surface area contributed by atoms with Gasteiger partial charge in [0.2, 0.25) is 6.29 Å². The van der Waals surface area contributed by atoms with Crippen molar-refractivity contribution in [1.82, 2.24) is 0 Å². The van der Waals surface area contributed by atoms with Crippen LogP contribution in [0.15, 0.2) is 0 Å². The van der Waals surface area contributed by atoms with Crippen LogP contribution >= 0.6 is 0 Å². The zero-order chi connectivity index (χ0) is 16.4. The van der Waals surface area contributed by atoms with Gasteiger partial charge < -0.3 is 9.47 Å². The molecule has 2 bridgehead atoms. The van der Waals surface area contributed by atoms with Crippen molar-refractivity contribution in [1.29, 1.82) is 0 Å². The van der Waals surface area contributed by atoms with Gasteiger partial charge in [-0.1, -0.05) is 13.8 Å². The number of ether oxygens (including phenoxy) is 2. The second-order valence-corrected chi connectivity index (χ2v) is 8.44. The minimum Gasteiger partial charge on any atom is -0.436 e. The normalized spacial score (nSPS) is 55.0. The molecule has 1 spiro atoms. The van der Waals surface area contributed by atoms with Crippen LogP contribution in [0.1, 0.15) is 59.8 Å². The second-order valence-electron chi connectivity index (χ2n) is 8.44. The maximum Gasteiger partial charge on any atom is 0.304 e. The van der Waals surface area contributed by atoms with Crippen molar-refractivity contribution in [2.24, 2.45) is 23.7 Å². The number of carbonyl (C=O) groups is 1. The van der Waals surface area contributed by atoms with E-state index in [0.717, 1.165) is 25.7 Å². The molecule has 0 aromatic heterocycles. The highest BCUT2D eigenvalue weighted by Crippen LogP contribution is 2.61. The van der Waals surface area contributed by atoms with Crippen LogP contribution in [0.3, 0.4) is 0 Å². The van der Waals surface area contributed by atoms with Crippen molar-refractivity contribution in [2.75, 3.05) is 0 Å². The SMILES string of the molecule is CC(=O)OC1O[C@@H]2C[C@@]3(C)CCC4[C@H](C)CCC([C@H]1C)[C@]42OO3. The number of hydrogen-bond acceptors (Lipinski definition) is 5. The van der Waals surface area contributed by atoms with E-state index in [2.05, 4.69) is 20.8 Å². The molecule has 0 N–H and O–H groups in total. The first-order chi connectivity index (χ1) is 10.9. The Morgan fingerprint density at radius 1 is 1.13 bits per heavy atom. The molecule has 3 aliphatic heterocycles. The van der Waals surface area contributed by atoms with Crippen LogP contribution in [-0.4, -0.2) is 29.6 Å². The van der Waals surface area contributed by atoms with E-state index in [9.17, 15) is 4.79 Å². The minimum atomic E-state index is -0.464. The summed E-state index contributed by atoms with van der Waals surface area (Å²) in [6, 6.07) is 0. The van der Waals surface area contributed by atoms with Gasteiger partial charge in [-0.3, -0.25) is 4.79 Å². The molecule has 2 aliphatic carbocycles. The monoisotopic (exact) mass is 324 g/mol. The highest BCUT2D eigenvalue weighted by Gasteiger charge is 2.68. The lowest BCUT2D eigenvalue weighted by atomic mass is 9.56. The van der Waals surface area contributed by atoms with E-state index in [4.69, 9.17) is 19.2 Å². The van der Waals surface area contributed by atoms with Crippen LogP contribution in [0.4, 0.5) is 0 Å². The van der Waals surface area contributed by atoms with Crippen LogP contribution in [0, 0.1) is 23.7 Å². The average Bonchev–Trinajstić information content (AvgIpc) is 2.70.